The minimum atomic E-state index is -3.30. The van der Waals surface area contributed by atoms with Gasteiger partial charge >= 0.3 is 182 Å². The van der Waals surface area contributed by atoms with Crippen LogP contribution in [0.5, 0.6) is 0 Å². The van der Waals surface area contributed by atoms with Gasteiger partial charge in [0.15, 0.2) is 0 Å². The molecular weight excluding hydrogens is 543 g/mol. The number of rotatable bonds is 4. The van der Waals surface area contributed by atoms with E-state index in [-0.39, 0.29) is 24.8 Å². The molecule has 0 bridgehead atoms. The Morgan fingerprint density at radius 1 is 0.767 bits per heavy atom. The third-order valence-electron chi connectivity index (χ3n) is 6.66. The van der Waals surface area contributed by atoms with Crippen LogP contribution in [0.15, 0.2) is 64.9 Å². The van der Waals surface area contributed by atoms with Crippen LogP contribution in [0.1, 0.15) is 37.4 Å². The van der Waals surface area contributed by atoms with Gasteiger partial charge in [0.1, 0.15) is 0 Å². The molecule has 2 aromatic rings. The van der Waals surface area contributed by atoms with Crippen LogP contribution in [0, 0.1) is 11.8 Å². The Labute approximate surface area is 204 Å². The molecule has 162 valence electrons. The van der Waals surface area contributed by atoms with Crippen molar-refractivity contribution < 1.29 is 17.4 Å². The predicted molar refractivity (Wildman–Crippen MR) is 143 cm³/mol. The van der Waals surface area contributed by atoms with Crippen molar-refractivity contribution in [1.29, 1.82) is 0 Å². The first kappa shape index (κ1) is 26.3. The van der Waals surface area contributed by atoms with Gasteiger partial charge in [-0.2, -0.15) is 0 Å². The molecule has 2 aliphatic carbocycles. The van der Waals surface area contributed by atoms with Gasteiger partial charge in [0.25, 0.3) is 0 Å². The van der Waals surface area contributed by atoms with Gasteiger partial charge in [-0.1, -0.05) is 0 Å². The van der Waals surface area contributed by atoms with Gasteiger partial charge in [0, 0.05) is 0 Å². The van der Waals surface area contributed by atoms with Crippen molar-refractivity contribution in [2.24, 2.45) is 11.8 Å². The molecule has 6 heteroatoms. The number of halogens is 2. The van der Waals surface area contributed by atoms with Crippen molar-refractivity contribution in [2.75, 3.05) is 0 Å². The summed E-state index contributed by atoms with van der Waals surface area (Å²) in [4.78, 5) is 2.85. The summed E-state index contributed by atoms with van der Waals surface area (Å²) < 4.78 is 8.96. The van der Waals surface area contributed by atoms with Crippen LogP contribution in [0.3, 0.4) is 0 Å². The molecule has 0 saturated carbocycles. The summed E-state index contributed by atoms with van der Waals surface area (Å²) in [6, 6.07) is 8.92. The molecule has 0 fully saturated rings. The van der Waals surface area contributed by atoms with Gasteiger partial charge in [-0.15, -0.1) is 24.8 Å². The number of allylic oxidation sites excluding steroid dienone is 8. The van der Waals surface area contributed by atoms with E-state index in [4.69, 9.17) is 0 Å². The smallest absolute Gasteiger partial charge is 0.147 e. The quantitative estimate of drug-likeness (QED) is 0.322. The largest absolute Gasteiger partial charge is 0.147 e. The Kier molecular flexibility index (Phi) is 7.99. The van der Waals surface area contributed by atoms with E-state index in [0.29, 0.717) is 11.8 Å². The van der Waals surface area contributed by atoms with Crippen LogP contribution in [0.2, 0.25) is 9.26 Å². The maximum absolute atomic E-state index is 3.30. The first-order chi connectivity index (χ1) is 13.1. The maximum Gasteiger partial charge on any atom is -0.147 e. The zero-order valence-corrected chi connectivity index (χ0v) is 25.8. The van der Waals surface area contributed by atoms with Crippen LogP contribution in [0.25, 0.3) is 11.1 Å². The van der Waals surface area contributed by atoms with Gasteiger partial charge in [0.2, 0.25) is 0 Å². The Bertz CT molecular complexity index is 1040. The second kappa shape index (κ2) is 9.12. The molecule has 0 spiro atoms. The Hall–Kier alpha value is 0.0400. The zero-order chi connectivity index (χ0) is 20.3. The Morgan fingerprint density at radius 2 is 1.13 bits per heavy atom. The third kappa shape index (κ3) is 4.18. The average Bonchev–Trinajstić information content (AvgIpc) is 3.34. The zero-order valence-electron chi connectivity index (χ0n) is 18.6. The summed E-state index contributed by atoms with van der Waals surface area (Å²) >= 11 is 0.441. The second-order valence-corrected chi connectivity index (χ2v) is 39.8. The summed E-state index contributed by atoms with van der Waals surface area (Å²) in [7, 11) is 0. The molecule has 2 aliphatic rings. The van der Waals surface area contributed by atoms with E-state index in [1.54, 1.807) is 17.7 Å². The first-order valence-corrected chi connectivity index (χ1v) is 25.2. The van der Waals surface area contributed by atoms with Crippen LogP contribution in [0.4, 0.5) is 0 Å². The van der Waals surface area contributed by atoms with Gasteiger partial charge in [0.05, 0.1) is 0 Å². The molecule has 2 aromatic heterocycles. The van der Waals surface area contributed by atoms with E-state index in [1.165, 1.54) is 20.9 Å². The first-order valence-electron chi connectivity index (χ1n) is 10.1. The van der Waals surface area contributed by atoms with E-state index in [0.717, 1.165) is 0 Å². The monoisotopic (exact) mass is 572 g/mol. The SMILES string of the molecule is CC1=[C]([Zr]([CH3])([CH3])(=[SiH2])[C]2=C(C)C(c3cccs3)=CC2C)C(C)C=C1c1cccs1.Cl.Cl. The van der Waals surface area contributed by atoms with Crippen LogP contribution < -0.4 is 0 Å². The van der Waals surface area contributed by atoms with Crippen molar-refractivity contribution in [2.45, 2.75) is 37.0 Å². The topological polar surface area (TPSA) is 0 Å². The molecule has 0 amide bonds. The Morgan fingerprint density at radius 3 is 1.43 bits per heavy atom. The summed E-state index contributed by atoms with van der Waals surface area (Å²) in [5, 5.41) is 4.40. The summed E-state index contributed by atoms with van der Waals surface area (Å²) in [6.45, 7) is 12.0. The van der Waals surface area contributed by atoms with Gasteiger partial charge in [-0.25, -0.2) is 0 Å². The molecule has 0 radical (unpaired) electrons. The van der Waals surface area contributed by atoms with Crippen molar-refractivity contribution in [3.8, 4) is 0 Å². The molecule has 0 aliphatic heterocycles. The van der Waals surface area contributed by atoms with E-state index < -0.39 is 17.4 Å². The maximum atomic E-state index is 2.68. The van der Waals surface area contributed by atoms with E-state index in [2.05, 4.69) is 91.0 Å². The molecule has 2 heterocycles. The van der Waals surface area contributed by atoms with Gasteiger partial charge < -0.3 is 0 Å². The van der Waals surface area contributed by atoms with Crippen LogP contribution in [-0.4, -0.2) is 6.88 Å². The van der Waals surface area contributed by atoms with Crippen LogP contribution >= 0.6 is 47.5 Å². The molecule has 4 rings (SSSR count). The van der Waals surface area contributed by atoms with Crippen molar-refractivity contribution in [3.05, 3.63) is 74.6 Å². The van der Waals surface area contributed by atoms with Gasteiger partial charge in [-0.05, 0) is 0 Å². The minimum absolute atomic E-state index is 0. The molecule has 2 unspecified atom stereocenters. The second-order valence-electron chi connectivity index (χ2n) is 9.46. The molecule has 2 atom stereocenters. The molecule has 0 aromatic carbocycles. The molecule has 0 N–H and O–H groups in total. The number of thiophene rings is 2. The van der Waals surface area contributed by atoms with Crippen molar-refractivity contribution in [1.82, 2.24) is 0 Å². The minimum Gasteiger partial charge on any atom is -0.147 e. The molecule has 0 saturated heterocycles. The van der Waals surface area contributed by atoms with E-state index in [9.17, 15) is 0 Å². The van der Waals surface area contributed by atoms with E-state index >= 15 is 0 Å². The number of hydrogen-bond acceptors (Lipinski definition) is 2. The standard InChI is InChI=1S/2C11H11S.2CH3.2ClH.H2Si.Zr/c2*1-8-6-9(2)10(7-8)11-4-3-5-12-11;;;;;;/h2*3-5,7-8H,1-2H3;2*1H3;2*1H;1H2;. The van der Waals surface area contributed by atoms with E-state index in [1.807, 2.05) is 22.7 Å². The normalized spacial score (nSPS) is 22.0. The molecular formula is C24H32Cl2S2SiZr. The fraction of sp³-hybridized carbons (Fsp3) is 0.333. The fourth-order valence-corrected chi connectivity index (χ4v) is 29.5. The average molecular weight is 575 g/mol. The number of hydrogen-bond donors (Lipinski definition) is 0. The van der Waals surface area contributed by atoms with Crippen molar-refractivity contribution in [3.63, 3.8) is 0 Å². The molecule has 30 heavy (non-hydrogen) atoms. The van der Waals surface area contributed by atoms with Crippen LogP contribution in [-0.2, 0) is 17.4 Å². The summed E-state index contributed by atoms with van der Waals surface area (Å²) in [5.74, 6) is 1.10. The summed E-state index contributed by atoms with van der Waals surface area (Å²) in [6.07, 6.45) is 5.07. The molecule has 0 nitrogen and oxygen atoms in total. The fourth-order valence-electron chi connectivity index (χ4n) is 6.10. The Balaban J connectivity index is 0.00000160. The third-order valence-corrected chi connectivity index (χ3v) is 25.5. The summed E-state index contributed by atoms with van der Waals surface area (Å²) in [5.41, 5.74) is 6.11. The predicted octanol–water partition coefficient (Wildman–Crippen LogP) is 8.30. The van der Waals surface area contributed by atoms with Gasteiger partial charge in [-0.3, -0.25) is 0 Å². The van der Waals surface area contributed by atoms with Crippen molar-refractivity contribution >= 4 is 65.5 Å².